The second kappa shape index (κ2) is 12.8. The van der Waals surface area contributed by atoms with Crippen molar-refractivity contribution in [1.29, 1.82) is 0 Å². The van der Waals surface area contributed by atoms with Gasteiger partial charge in [-0.1, -0.05) is 90.1 Å². The summed E-state index contributed by atoms with van der Waals surface area (Å²) in [7, 11) is 0. The van der Waals surface area contributed by atoms with E-state index in [-0.39, 0.29) is 7.43 Å². The average Bonchev–Trinajstić information content (AvgIpc) is 2.57. The van der Waals surface area contributed by atoms with Gasteiger partial charge in [0.2, 0.25) is 0 Å². The van der Waals surface area contributed by atoms with Crippen LogP contribution in [-0.4, -0.2) is 0 Å². The van der Waals surface area contributed by atoms with Gasteiger partial charge in [0.1, 0.15) is 0 Å². The van der Waals surface area contributed by atoms with Crippen LogP contribution in [0.1, 0.15) is 52.7 Å². The first kappa shape index (κ1) is 18.1. The Balaban J connectivity index is 0. The van der Waals surface area contributed by atoms with E-state index in [1.54, 1.807) is 0 Å². The van der Waals surface area contributed by atoms with Gasteiger partial charge in [0.15, 0.2) is 0 Å². The molecule has 0 unspecified atom stereocenters. The Morgan fingerprint density at radius 2 is 1.59 bits per heavy atom. The van der Waals surface area contributed by atoms with E-state index in [1.807, 2.05) is 13.8 Å². The fraction of sp³-hybridized carbons (Fsp3) is 0.412. The molecule has 0 heterocycles. The highest BCUT2D eigenvalue weighted by molar-refractivity contribution is 5.57. The molecule has 0 N–H and O–H groups in total. The molecule has 0 saturated heterocycles. The lowest BCUT2D eigenvalue weighted by atomic mass is 10.1. The second-order valence-corrected chi connectivity index (χ2v) is 3.40. The van der Waals surface area contributed by atoms with E-state index in [2.05, 4.69) is 62.4 Å². The van der Waals surface area contributed by atoms with Crippen LogP contribution in [0.15, 0.2) is 42.5 Å². The molecular formula is C17H28. The molecule has 0 aliphatic heterocycles. The molecule has 0 atom stereocenters. The number of fused-ring (bicyclic) bond motifs is 1. The molecule has 0 fully saturated rings. The van der Waals surface area contributed by atoms with Gasteiger partial charge < -0.3 is 0 Å². The maximum absolute atomic E-state index is 2.18. The zero-order valence-corrected chi connectivity index (χ0v) is 11.0. The normalized spacial score (nSPS) is 10.6. The molecule has 0 heteroatoms. The third kappa shape index (κ3) is 7.57. The summed E-state index contributed by atoms with van der Waals surface area (Å²) in [4.78, 5) is 0. The summed E-state index contributed by atoms with van der Waals surface area (Å²) >= 11 is 0. The van der Waals surface area contributed by atoms with Crippen molar-refractivity contribution in [2.75, 3.05) is 0 Å². The average molecular weight is 232 g/mol. The molecule has 0 amide bonds. The van der Waals surface area contributed by atoms with E-state index < -0.39 is 0 Å². The fourth-order valence-corrected chi connectivity index (χ4v) is 1.32. The van der Waals surface area contributed by atoms with Gasteiger partial charge in [0.25, 0.3) is 0 Å². The molecule has 0 radical (unpaired) electrons. The summed E-state index contributed by atoms with van der Waals surface area (Å²) in [6, 6.07) is 8.49. The first-order chi connectivity index (χ1) is 7.88. The third-order valence-corrected chi connectivity index (χ3v) is 1.92. The number of rotatable bonds is 0. The summed E-state index contributed by atoms with van der Waals surface area (Å²) in [6.07, 6.45) is 10.8. The minimum atomic E-state index is 0. The van der Waals surface area contributed by atoms with E-state index >= 15 is 0 Å². The largest absolute Gasteiger partial charge is 0.0801 e. The maximum atomic E-state index is 2.18. The molecule has 96 valence electrons. The molecule has 0 nitrogen and oxygen atoms in total. The Bertz CT molecular complexity index is 319. The standard InChI is InChI=1S/C11H10.C3H8.C2H6.CH4/c1-2-6-10-8-4-5-9-11(10)7-3-1;1-3-2;1-2;/h1-6,8-9H,7H2;3H2,1-2H3;1-2H3;1H4. The van der Waals surface area contributed by atoms with Crippen LogP contribution in [0.5, 0.6) is 0 Å². The van der Waals surface area contributed by atoms with Gasteiger partial charge in [-0.15, -0.1) is 0 Å². The summed E-state index contributed by atoms with van der Waals surface area (Å²) < 4.78 is 0. The lowest BCUT2D eigenvalue weighted by molar-refractivity contribution is 1.09. The van der Waals surface area contributed by atoms with Crippen LogP contribution in [0.3, 0.4) is 0 Å². The van der Waals surface area contributed by atoms with Crippen LogP contribution in [0.25, 0.3) is 6.08 Å². The van der Waals surface area contributed by atoms with E-state index in [0.29, 0.717) is 0 Å². The molecule has 0 spiro atoms. The van der Waals surface area contributed by atoms with Crippen LogP contribution in [0, 0.1) is 0 Å². The minimum absolute atomic E-state index is 0. The minimum Gasteiger partial charge on any atom is -0.0801 e. The van der Waals surface area contributed by atoms with Gasteiger partial charge in [-0.05, 0) is 17.5 Å². The van der Waals surface area contributed by atoms with Crippen molar-refractivity contribution in [2.24, 2.45) is 0 Å². The van der Waals surface area contributed by atoms with Crippen molar-refractivity contribution < 1.29 is 0 Å². The molecule has 0 aromatic heterocycles. The monoisotopic (exact) mass is 232 g/mol. The first-order valence-electron chi connectivity index (χ1n) is 6.29. The summed E-state index contributed by atoms with van der Waals surface area (Å²) in [5.41, 5.74) is 2.76. The van der Waals surface area contributed by atoms with Crippen LogP contribution in [0.2, 0.25) is 0 Å². The number of benzene rings is 1. The highest BCUT2D eigenvalue weighted by atomic mass is 14.0. The van der Waals surface area contributed by atoms with Gasteiger partial charge >= 0.3 is 0 Å². The third-order valence-electron chi connectivity index (χ3n) is 1.92. The van der Waals surface area contributed by atoms with E-state index in [9.17, 15) is 0 Å². The highest BCUT2D eigenvalue weighted by Gasteiger charge is 1.96. The van der Waals surface area contributed by atoms with Crippen LogP contribution in [-0.2, 0) is 6.42 Å². The quantitative estimate of drug-likeness (QED) is 0.523. The Morgan fingerprint density at radius 1 is 1.00 bits per heavy atom. The lowest BCUT2D eigenvalue weighted by Gasteiger charge is -1.99. The van der Waals surface area contributed by atoms with Crippen LogP contribution < -0.4 is 0 Å². The first-order valence-corrected chi connectivity index (χ1v) is 6.29. The zero-order valence-electron chi connectivity index (χ0n) is 11.0. The smallest absolute Gasteiger partial charge is 0.00884 e. The zero-order chi connectivity index (χ0) is 12.2. The lowest BCUT2D eigenvalue weighted by Crippen LogP contribution is -1.83. The van der Waals surface area contributed by atoms with Crippen LogP contribution in [0.4, 0.5) is 0 Å². The molecule has 1 aliphatic rings. The van der Waals surface area contributed by atoms with Gasteiger partial charge in [0.05, 0.1) is 0 Å². The summed E-state index contributed by atoms with van der Waals surface area (Å²) in [5, 5.41) is 0. The van der Waals surface area contributed by atoms with Gasteiger partial charge in [0, 0.05) is 0 Å². The predicted octanol–water partition coefficient (Wildman–Crippen LogP) is 5.89. The number of hydrogen-bond acceptors (Lipinski definition) is 0. The van der Waals surface area contributed by atoms with E-state index in [1.165, 1.54) is 17.5 Å². The van der Waals surface area contributed by atoms with E-state index in [4.69, 9.17) is 0 Å². The van der Waals surface area contributed by atoms with Crippen molar-refractivity contribution in [1.82, 2.24) is 0 Å². The van der Waals surface area contributed by atoms with Crippen LogP contribution >= 0.6 is 0 Å². The topological polar surface area (TPSA) is 0 Å². The highest BCUT2D eigenvalue weighted by Crippen LogP contribution is 2.14. The Hall–Kier alpha value is -1.30. The Kier molecular flexibility index (Phi) is 13.6. The molecule has 1 aromatic carbocycles. The van der Waals surface area contributed by atoms with Crippen molar-refractivity contribution in [3.8, 4) is 0 Å². The van der Waals surface area contributed by atoms with Crippen molar-refractivity contribution in [2.45, 2.75) is 48.0 Å². The molecule has 17 heavy (non-hydrogen) atoms. The Labute approximate surface area is 108 Å². The predicted molar refractivity (Wildman–Crippen MR) is 82.4 cm³/mol. The molecule has 0 saturated carbocycles. The molecule has 2 rings (SSSR count). The van der Waals surface area contributed by atoms with Gasteiger partial charge in [-0.3, -0.25) is 0 Å². The molecule has 1 aromatic rings. The summed E-state index contributed by atoms with van der Waals surface area (Å²) in [6.45, 7) is 8.25. The van der Waals surface area contributed by atoms with Crippen molar-refractivity contribution in [3.63, 3.8) is 0 Å². The Morgan fingerprint density at radius 3 is 2.24 bits per heavy atom. The fourth-order valence-electron chi connectivity index (χ4n) is 1.32. The van der Waals surface area contributed by atoms with Gasteiger partial charge in [-0.25, -0.2) is 0 Å². The SMILES string of the molecule is C.C1=CCc2ccccc2C=C1.CC.CCC. The molecule has 1 aliphatic carbocycles. The number of hydrogen-bond donors (Lipinski definition) is 0. The van der Waals surface area contributed by atoms with Gasteiger partial charge in [-0.2, -0.15) is 0 Å². The number of allylic oxidation sites excluding steroid dienone is 3. The maximum Gasteiger partial charge on any atom is -0.00884 e. The summed E-state index contributed by atoms with van der Waals surface area (Å²) in [5.74, 6) is 0. The van der Waals surface area contributed by atoms with E-state index in [0.717, 1.165) is 6.42 Å². The van der Waals surface area contributed by atoms with Crippen molar-refractivity contribution >= 4 is 6.08 Å². The molecular weight excluding hydrogens is 204 g/mol. The second-order valence-electron chi connectivity index (χ2n) is 3.40. The van der Waals surface area contributed by atoms with Crippen molar-refractivity contribution in [3.05, 3.63) is 53.6 Å². The molecule has 0 bridgehead atoms.